The van der Waals surface area contributed by atoms with E-state index in [-0.39, 0.29) is 28.6 Å². The molecule has 2 aromatic carbocycles. The van der Waals surface area contributed by atoms with Crippen LogP contribution in [0.5, 0.6) is 0 Å². The summed E-state index contributed by atoms with van der Waals surface area (Å²) in [6.07, 6.45) is 1.30. The predicted octanol–water partition coefficient (Wildman–Crippen LogP) is 3.39. The molecule has 7 nitrogen and oxygen atoms in total. The first-order valence-electron chi connectivity index (χ1n) is 9.92. The van der Waals surface area contributed by atoms with Gasteiger partial charge in [-0.15, -0.1) is 0 Å². The number of piperazine rings is 1. The van der Waals surface area contributed by atoms with Crippen molar-refractivity contribution in [2.24, 2.45) is 0 Å². The van der Waals surface area contributed by atoms with E-state index < -0.39 is 11.4 Å². The van der Waals surface area contributed by atoms with Gasteiger partial charge in [0, 0.05) is 36.8 Å². The van der Waals surface area contributed by atoms with Gasteiger partial charge >= 0.3 is 0 Å². The second kappa shape index (κ2) is 8.88. The van der Waals surface area contributed by atoms with E-state index in [2.05, 4.69) is 4.98 Å². The van der Waals surface area contributed by atoms with Gasteiger partial charge in [-0.3, -0.25) is 19.0 Å². The maximum Gasteiger partial charge on any atom is 0.261 e. The summed E-state index contributed by atoms with van der Waals surface area (Å²) < 4.78 is 15.7. The van der Waals surface area contributed by atoms with E-state index in [0.29, 0.717) is 48.0 Å². The fraction of sp³-hybridized carbons (Fsp3) is 0.273. The lowest BCUT2D eigenvalue weighted by Gasteiger charge is -2.36. The van der Waals surface area contributed by atoms with E-state index >= 15 is 0 Å². The highest BCUT2D eigenvalue weighted by Gasteiger charge is 2.24. The summed E-state index contributed by atoms with van der Waals surface area (Å²) >= 11 is 12.1. The first-order chi connectivity index (χ1) is 15.2. The Kier molecular flexibility index (Phi) is 6.17. The summed E-state index contributed by atoms with van der Waals surface area (Å²) in [4.78, 5) is 44.6. The minimum atomic E-state index is -0.469. The zero-order valence-electron chi connectivity index (χ0n) is 17.1. The number of amides is 1. The second-order valence-corrected chi connectivity index (χ2v) is 8.40. The van der Waals surface area contributed by atoms with Crippen LogP contribution in [-0.4, -0.2) is 52.3 Å². The van der Waals surface area contributed by atoms with Crippen molar-refractivity contribution >= 4 is 51.5 Å². The molecule has 0 saturated carbocycles. The number of fused-ring (bicyclic) bond motifs is 1. The van der Waals surface area contributed by atoms with E-state index in [1.165, 1.54) is 36.0 Å². The van der Waals surface area contributed by atoms with Gasteiger partial charge in [-0.25, -0.2) is 9.37 Å². The Balaban J connectivity index is 1.45. The number of carbonyl (C=O) groups is 2. The van der Waals surface area contributed by atoms with Crippen molar-refractivity contribution in [2.45, 2.75) is 13.5 Å². The number of carbonyl (C=O) groups excluding carboxylic acids is 2. The number of benzene rings is 2. The quantitative estimate of drug-likeness (QED) is 0.539. The monoisotopic (exact) mass is 476 g/mol. The van der Waals surface area contributed by atoms with Crippen molar-refractivity contribution in [1.82, 2.24) is 14.5 Å². The van der Waals surface area contributed by atoms with E-state index in [9.17, 15) is 18.8 Å². The molecule has 1 aliphatic heterocycles. The predicted molar refractivity (Wildman–Crippen MR) is 121 cm³/mol. The molecule has 2 heterocycles. The molecule has 0 atom stereocenters. The molecule has 1 aromatic heterocycles. The minimum Gasteiger partial charge on any atom is -0.366 e. The van der Waals surface area contributed by atoms with E-state index in [1.54, 1.807) is 17.0 Å². The highest BCUT2D eigenvalue weighted by atomic mass is 35.5. The number of aromatic nitrogens is 2. The van der Waals surface area contributed by atoms with Crippen LogP contribution in [0.15, 0.2) is 41.5 Å². The van der Waals surface area contributed by atoms with Gasteiger partial charge in [0.25, 0.3) is 5.56 Å². The molecule has 1 amide bonds. The number of ketones is 1. The number of halogens is 3. The van der Waals surface area contributed by atoms with Crippen LogP contribution in [-0.2, 0) is 11.3 Å². The zero-order chi connectivity index (χ0) is 23.0. The molecule has 0 N–H and O–H groups in total. The maximum atomic E-state index is 14.4. The highest BCUT2D eigenvalue weighted by molar-refractivity contribution is 6.38. The molecule has 0 aliphatic carbocycles. The lowest BCUT2D eigenvalue weighted by atomic mass is 10.1. The number of hydrogen-bond acceptors (Lipinski definition) is 5. The Labute approximate surface area is 193 Å². The van der Waals surface area contributed by atoms with E-state index in [1.807, 2.05) is 4.90 Å². The second-order valence-electron chi connectivity index (χ2n) is 7.55. The van der Waals surface area contributed by atoms with Gasteiger partial charge < -0.3 is 9.80 Å². The Hall–Kier alpha value is -2.97. The molecule has 0 unspecified atom stereocenters. The summed E-state index contributed by atoms with van der Waals surface area (Å²) in [5.41, 5.74) is 0.637. The zero-order valence-corrected chi connectivity index (χ0v) is 18.7. The third kappa shape index (κ3) is 4.33. The molecule has 166 valence electrons. The van der Waals surface area contributed by atoms with Gasteiger partial charge in [-0.2, -0.15) is 0 Å². The average molecular weight is 477 g/mol. The molecule has 10 heteroatoms. The van der Waals surface area contributed by atoms with Crippen LogP contribution < -0.4 is 10.5 Å². The van der Waals surface area contributed by atoms with E-state index in [4.69, 9.17) is 23.2 Å². The smallest absolute Gasteiger partial charge is 0.261 e. The number of hydrogen-bond donors (Lipinski definition) is 0. The van der Waals surface area contributed by atoms with Crippen molar-refractivity contribution in [3.05, 3.63) is 68.4 Å². The third-order valence-electron chi connectivity index (χ3n) is 5.48. The molecule has 32 heavy (non-hydrogen) atoms. The number of nitrogens with zero attached hydrogens (tertiary/aromatic N) is 4. The van der Waals surface area contributed by atoms with Gasteiger partial charge in [-0.1, -0.05) is 23.2 Å². The highest BCUT2D eigenvalue weighted by Crippen LogP contribution is 2.24. The molecule has 0 spiro atoms. The Morgan fingerprint density at radius 2 is 1.81 bits per heavy atom. The molecule has 1 aliphatic rings. The standard InChI is InChI=1S/C22H19Cl2FN4O3/c1-13(30)14-2-3-19(18(25)8-14)27-4-6-28(7-5-27)20(31)11-29-12-26-21-16(22(29)32)9-15(23)10-17(21)24/h2-3,8-10,12H,4-7,11H2,1H3. The van der Waals surface area contributed by atoms with Gasteiger partial charge in [0.15, 0.2) is 5.78 Å². The summed E-state index contributed by atoms with van der Waals surface area (Å²) in [5, 5.41) is 0.819. The Morgan fingerprint density at radius 3 is 2.47 bits per heavy atom. The van der Waals surface area contributed by atoms with Crippen molar-refractivity contribution < 1.29 is 14.0 Å². The van der Waals surface area contributed by atoms with Crippen molar-refractivity contribution in [1.29, 1.82) is 0 Å². The maximum absolute atomic E-state index is 14.4. The van der Waals surface area contributed by atoms with Crippen LogP contribution in [0.1, 0.15) is 17.3 Å². The van der Waals surface area contributed by atoms with Gasteiger partial charge in [0.05, 0.1) is 27.9 Å². The van der Waals surface area contributed by atoms with E-state index in [0.717, 1.165) is 0 Å². The summed E-state index contributed by atoms with van der Waals surface area (Å²) in [6.45, 7) is 2.82. The largest absolute Gasteiger partial charge is 0.366 e. The average Bonchev–Trinajstić information content (AvgIpc) is 2.76. The van der Waals surface area contributed by atoms with Crippen molar-refractivity contribution in [2.75, 3.05) is 31.1 Å². The molecule has 0 radical (unpaired) electrons. The van der Waals surface area contributed by atoms with Crippen LogP contribution in [0.2, 0.25) is 10.0 Å². The molecular formula is C22H19Cl2FN4O3. The van der Waals surface area contributed by atoms with Crippen molar-refractivity contribution in [3.8, 4) is 0 Å². The fourth-order valence-electron chi connectivity index (χ4n) is 3.73. The molecule has 1 fully saturated rings. The van der Waals surface area contributed by atoms with Crippen molar-refractivity contribution in [3.63, 3.8) is 0 Å². The lowest BCUT2D eigenvalue weighted by Crippen LogP contribution is -2.50. The first-order valence-corrected chi connectivity index (χ1v) is 10.7. The SMILES string of the molecule is CC(=O)c1ccc(N2CCN(C(=O)Cn3cnc4c(Cl)cc(Cl)cc4c3=O)CC2)c(F)c1. The first kappa shape index (κ1) is 22.2. The molecular weight excluding hydrogens is 458 g/mol. The molecule has 1 saturated heterocycles. The van der Waals surface area contributed by atoms with Crippen LogP contribution in [0.3, 0.4) is 0 Å². The number of rotatable bonds is 4. The van der Waals surface area contributed by atoms with Gasteiger partial charge in [0.2, 0.25) is 5.91 Å². The number of anilines is 1. The Bertz CT molecular complexity index is 1290. The van der Waals surface area contributed by atoms with Crippen LogP contribution >= 0.6 is 23.2 Å². The topological polar surface area (TPSA) is 75.5 Å². The Morgan fingerprint density at radius 1 is 1.09 bits per heavy atom. The molecule has 3 aromatic rings. The molecule has 0 bridgehead atoms. The summed E-state index contributed by atoms with van der Waals surface area (Å²) in [7, 11) is 0. The lowest BCUT2D eigenvalue weighted by molar-refractivity contribution is -0.132. The van der Waals surface area contributed by atoms with Crippen LogP contribution in [0.25, 0.3) is 10.9 Å². The molecule has 4 rings (SSSR count). The van der Waals surface area contributed by atoms with Gasteiger partial charge in [0.1, 0.15) is 12.4 Å². The number of Topliss-reactive ketones (excluding diaryl/α,β-unsaturated/α-hetero) is 1. The third-order valence-corrected chi connectivity index (χ3v) is 5.98. The minimum absolute atomic E-state index is 0.173. The van der Waals surface area contributed by atoms with Gasteiger partial charge in [-0.05, 0) is 37.3 Å². The fourth-order valence-corrected chi connectivity index (χ4v) is 4.27. The normalized spacial score (nSPS) is 14.1. The summed E-state index contributed by atoms with van der Waals surface area (Å²) in [6, 6.07) is 7.38. The summed E-state index contributed by atoms with van der Waals surface area (Å²) in [5.74, 6) is -0.911. The van der Waals surface area contributed by atoms with Crippen LogP contribution in [0.4, 0.5) is 10.1 Å². The van der Waals surface area contributed by atoms with Crippen LogP contribution in [0, 0.1) is 5.82 Å².